The maximum atomic E-state index is 12.7. The Kier molecular flexibility index (Phi) is 8.25. The fourth-order valence-electron chi connectivity index (χ4n) is 2.97. The molecule has 1 aliphatic carbocycles. The fraction of sp³-hybridized carbons (Fsp3) is 0.792. The van der Waals surface area contributed by atoms with Gasteiger partial charge in [-0.25, -0.2) is 0 Å². The standard InChI is InChI=1S/C24H46O3Si2/c1-18(2)22-17-20(25)16-21(27-29(11,12)24(6,7)8)15-19(22)13-14-26-28(9,10)23(3,4)5/h13-15,18-19,22H,16-17H2,1-12H3/b14-13+/t19-,22-/m0/s1. The number of Topliss-reactive ketones (excluding diaryl/α,β-unsaturated/α-hetero) is 1. The monoisotopic (exact) mass is 438 g/mol. The summed E-state index contributed by atoms with van der Waals surface area (Å²) in [4.78, 5) is 12.7. The van der Waals surface area contributed by atoms with Crippen LogP contribution in [0, 0.1) is 17.8 Å². The van der Waals surface area contributed by atoms with E-state index in [-0.39, 0.29) is 27.7 Å². The molecule has 0 aromatic rings. The summed E-state index contributed by atoms with van der Waals surface area (Å²) in [5.74, 6) is 2.01. The third kappa shape index (κ3) is 7.13. The molecule has 0 aromatic heterocycles. The van der Waals surface area contributed by atoms with Crippen molar-refractivity contribution in [2.45, 2.75) is 104 Å². The number of hydrogen-bond donors (Lipinski definition) is 0. The average Bonchev–Trinajstić information content (AvgIpc) is 2.63. The van der Waals surface area contributed by atoms with Crippen LogP contribution in [-0.2, 0) is 13.6 Å². The second kappa shape index (κ2) is 9.13. The van der Waals surface area contributed by atoms with Gasteiger partial charge in [-0.15, -0.1) is 0 Å². The van der Waals surface area contributed by atoms with Crippen LogP contribution in [0.15, 0.2) is 24.2 Å². The van der Waals surface area contributed by atoms with Crippen molar-refractivity contribution in [1.82, 2.24) is 0 Å². The molecule has 29 heavy (non-hydrogen) atoms. The minimum absolute atomic E-state index is 0.109. The molecule has 1 rings (SSSR count). The molecular weight excluding hydrogens is 392 g/mol. The lowest BCUT2D eigenvalue weighted by atomic mass is 9.81. The van der Waals surface area contributed by atoms with Crippen LogP contribution >= 0.6 is 0 Å². The molecule has 0 fully saturated rings. The number of rotatable bonds is 6. The Balaban J connectivity index is 3.19. The Morgan fingerprint density at radius 3 is 1.97 bits per heavy atom. The first kappa shape index (κ1) is 26.2. The summed E-state index contributed by atoms with van der Waals surface area (Å²) >= 11 is 0. The van der Waals surface area contributed by atoms with Crippen molar-refractivity contribution in [3.8, 4) is 0 Å². The molecular formula is C24H46O3Si2. The minimum atomic E-state index is -1.98. The summed E-state index contributed by atoms with van der Waals surface area (Å²) < 4.78 is 12.9. The predicted molar refractivity (Wildman–Crippen MR) is 130 cm³/mol. The quantitative estimate of drug-likeness (QED) is 0.315. The SMILES string of the molecule is CC(C)[C@@H]1CC(=O)CC(O[Si](C)(C)C(C)(C)C)=C[C@@H]1/C=C/O[Si](C)(C)C(C)(C)C. The van der Waals surface area contributed by atoms with E-state index in [9.17, 15) is 4.79 Å². The summed E-state index contributed by atoms with van der Waals surface area (Å²) in [6.45, 7) is 26.9. The van der Waals surface area contributed by atoms with Crippen molar-refractivity contribution in [2.24, 2.45) is 17.8 Å². The van der Waals surface area contributed by atoms with E-state index in [0.29, 0.717) is 18.8 Å². The molecule has 168 valence electrons. The van der Waals surface area contributed by atoms with Crippen molar-refractivity contribution in [3.05, 3.63) is 24.2 Å². The van der Waals surface area contributed by atoms with Crippen LogP contribution in [0.2, 0.25) is 36.3 Å². The van der Waals surface area contributed by atoms with Gasteiger partial charge in [-0.1, -0.05) is 55.4 Å². The third-order valence-electron chi connectivity index (χ3n) is 7.23. The molecule has 0 saturated heterocycles. The summed E-state index contributed by atoms with van der Waals surface area (Å²) in [6.07, 6.45) is 7.31. The van der Waals surface area contributed by atoms with Gasteiger partial charge in [0.15, 0.2) is 0 Å². The Hall–Kier alpha value is -0.816. The summed E-state index contributed by atoms with van der Waals surface area (Å²) in [6, 6.07) is 0. The van der Waals surface area contributed by atoms with Gasteiger partial charge < -0.3 is 8.85 Å². The van der Waals surface area contributed by atoms with Crippen LogP contribution < -0.4 is 0 Å². The maximum Gasteiger partial charge on any atom is 0.250 e. The second-order valence-corrected chi connectivity index (χ2v) is 21.6. The van der Waals surface area contributed by atoms with Crippen LogP contribution in [0.25, 0.3) is 0 Å². The van der Waals surface area contributed by atoms with E-state index in [4.69, 9.17) is 8.85 Å². The molecule has 0 heterocycles. The van der Waals surface area contributed by atoms with Gasteiger partial charge in [0.05, 0.1) is 18.4 Å². The van der Waals surface area contributed by atoms with Crippen molar-refractivity contribution in [2.75, 3.05) is 0 Å². The Bertz CT molecular complexity index is 631. The molecule has 0 unspecified atom stereocenters. The smallest absolute Gasteiger partial charge is 0.250 e. The minimum Gasteiger partial charge on any atom is -0.549 e. The van der Waals surface area contributed by atoms with Crippen LogP contribution in [0.3, 0.4) is 0 Å². The largest absolute Gasteiger partial charge is 0.549 e. The maximum absolute atomic E-state index is 12.7. The van der Waals surface area contributed by atoms with Crippen molar-refractivity contribution >= 4 is 22.4 Å². The van der Waals surface area contributed by atoms with Gasteiger partial charge in [0.2, 0.25) is 16.6 Å². The van der Waals surface area contributed by atoms with Crippen LogP contribution in [0.5, 0.6) is 0 Å². The Morgan fingerprint density at radius 2 is 1.52 bits per heavy atom. The highest BCUT2D eigenvalue weighted by molar-refractivity contribution is 6.74. The number of hydrogen-bond acceptors (Lipinski definition) is 3. The topological polar surface area (TPSA) is 35.5 Å². The first-order valence-electron chi connectivity index (χ1n) is 11.1. The van der Waals surface area contributed by atoms with E-state index < -0.39 is 16.6 Å². The summed E-state index contributed by atoms with van der Waals surface area (Å²) in [7, 11) is -3.82. The van der Waals surface area contributed by atoms with Gasteiger partial charge in [-0.05, 0) is 60.3 Å². The molecule has 0 spiro atoms. The molecule has 1 aliphatic rings. The third-order valence-corrected chi connectivity index (χ3v) is 15.9. The average molecular weight is 439 g/mol. The van der Waals surface area contributed by atoms with E-state index in [1.165, 1.54) is 0 Å². The Labute approximate surface area is 182 Å². The van der Waals surface area contributed by atoms with Gasteiger partial charge in [0.1, 0.15) is 5.78 Å². The number of carbonyl (C=O) groups is 1. The molecule has 5 heteroatoms. The Morgan fingerprint density at radius 1 is 1.00 bits per heavy atom. The molecule has 0 bridgehead atoms. The first-order valence-corrected chi connectivity index (χ1v) is 16.9. The van der Waals surface area contributed by atoms with Gasteiger partial charge >= 0.3 is 0 Å². The molecule has 0 aromatic carbocycles. The van der Waals surface area contributed by atoms with Gasteiger partial charge in [-0.3, -0.25) is 4.79 Å². The number of carbonyl (C=O) groups excluding carboxylic acids is 1. The highest BCUT2D eigenvalue weighted by Crippen LogP contribution is 2.41. The molecule has 0 saturated carbocycles. The zero-order valence-electron chi connectivity index (χ0n) is 21.1. The zero-order chi connectivity index (χ0) is 22.8. The molecule has 0 radical (unpaired) electrons. The molecule has 0 amide bonds. The normalized spacial score (nSPS) is 22.7. The van der Waals surface area contributed by atoms with Gasteiger partial charge in [-0.2, -0.15) is 0 Å². The van der Waals surface area contributed by atoms with Gasteiger partial charge in [0.25, 0.3) is 0 Å². The van der Waals surface area contributed by atoms with Crippen molar-refractivity contribution < 1.29 is 13.6 Å². The lowest BCUT2D eigenvalue weighted by Gasteiger charge is -2.37. The molecule has 2 atom stereocenters. The molecule has 0 aliphatic heterocycles. The predicted octanol–water partition coefficient (Wildman–Crippen LogP) is 7.68. The summed E-state index contributed by atoms with van der Waals surface area (Å²) in [5, 5.41) is 0.276. The van der Waals surface area contributed by atoms with E-state index in [2.05, 4.69) is 93.7 Å². The van der Waals surface area contributed by atoms with E-state index >= 15 is 0 Å². The highest BCUT2D eigenvalue weighted by Gasteiger charge is 2.41. The van der Waals surface area contributed by atoms with Crippen LogP contribution in [0.4, 0.5) is 0 Å². The molecule has 3 nitrogen and oxygen atoms in total. The second-order valence-electron chi connectivity index (χ2n) is 12.1. The lowest BCUT2D eigenvalue weighted by molar-refractivity contribution is -0.119. The molecule has 0 N–H and O–H groups in total. The van der Waals surface area contributed by atoms with E-state index in [1.54, 1.807) is 0 Å². The first-order chi connectivity index (χ1) is 12.9. The van der Waals surface area contributed by atoms with E-state index in [0.717, 1.165) is 5.76 Å². The zero-order valence-corrected chi connectivity index (χ0v) is 23.1. The number of allylic oxidation sites excluding steroid dienone is 3. The van der Waals surface area contributed by atoms with Crippen LogP contribution in [0.1, 0.15) is 68.2 Å². The fourth-order valence-corrected chi connectivity index (χ4v) is 4.84. The van der Waals surface area contributed by atoms with Crippen molar-refractivity contribution in [1.29, 1.82) is 0 Å². The highest BCUT2D eigenvalue weighted by atomic mass is 28.4. The van der Waals surface area contributed by atoms with Gasteiger partial charge in [0, 0.05) is 12.3 Å². The van der Waals surface area contributed by atoms with Crippen LogP contribution in [-0.4, -0.2) is 22.4 Å². The van der Waals surface area contributed by atoms with E-state index in [1.807, 2.05) is 6.26 Å². The number of ketones is 1. The lowest BCUT2D eigenvalue weighted by Crippen LogP contribution is -2.40. The summed E-state index contributed by atoms with van der Waals surface area (Å²) in [5.41, 5.74) is 0. The van der Waals surface area contributed by atoms with Crippen molar-refractivity contribution in [3.63, 3.8) is 0 Å².